The maximum atomic E-state index is 12.2. The van der Waals surface area contributed by atoms with Crippen LogP contribution in [-0.2, 0) is 10.0 Å². The Hall–Kier alpha value is -2.54. The topological polar surface area (TPSA) is 92.7 Å². The molecule has 23 heavy (non-hydrogen) atoms. The first kappa shape index (κ1) is 16.8. The van der Waals surface area contributed by atoms with Gasteiger partial charge in [0.1, 0.15) is 5.75 Å². The number of rotatable bonds is 7. The molecule has 0 saturated heterocycles. The molecule has 0 bridgehead atoms. The van der Waals surface area contributed by atoms with Crippen LogP contribution < -0.4 is 9.46 Å². The van der Waals surface area contributed by atoms with Gasteiger partial charge in [-0.1, -0.05) is 6.92 Å². The maximum Gasteiger partial charge on any atom is 0.335 e. The van der Waals surface area contributed by atoms with Crippen LogP contribution in [0.25, 0.3) is 0 Å². The van der Waals surface area contributed by atoms with Crippen molar-refractivity contribution < 1.29 is 23.1 Å². The number of sulfonamides is 1. The van der Waals surface area contributed by atoms with Gasteiger partial charge in [0.05, 0.1) is 17.1 Å². The van der Waals surface area contributed by atoms with Gasteiger partial charge >= 0.3 is 5.97 Å². The molecule has 0 aromatic heterocycles. The average molecular weight is 335 g/mol. The zero-order valence-electron chi connectivity index (χ0n) is 12.5. The van der Waals surface area contributed by atoms with E-state index in [1.54, 1.807) is 24.3 Å². The van der Waals surface area contributed by atoms with E-state index in [0.29, 0.717) is 18.0 Å². The molecule has 0 atom stereocenters. The highest BCUT2D eigenvalue weighted by atomic mass is 32.2. The van der Waals surface area contributed by atoms with Crippen LogP contribution >= 0.6 is 0 Å². The van der Waals surface area contributed by atoms with E-state index < -0.39 is 16.0 Å². The number of hydrogen-bond donors (Lipinski definition) is 2. The van der Waals surface area contributed by atoms with Gasteiger partial charge < -0.3 is 9.84 Å². The van der Waals surface area contributed by atoms with Crippen molar-refractivity contribution >= 4 is 21.7 Å². The van der Waals surface area contributed by atoms with Gasteiger partial charge in [0.25, 0.3) is 10.0 Å². The first-order valence-electron chi connectivity index (χ1n) is 7.01. The van der Waals surface area contributed by atoms with Crippen molar-refractivity contribution in [2.75, 3.05) is 11.3 Å². The lowest BCUT2D eigenvalue weighted by molar-refractivity contribution is 0.0696. The molecule has 0 fully saturated rings. The Labute approximate surface area is 134 Å². The predicted molar refractivity (Wildman–Crippen MR) is 86.4 cm³/mol. The summed E-state index contributed by atoms with van der Waals surface area (Å²) in [5.41, 5.74) is 0.428. The Morgan fingerprint density at radius 2 is 1.70 bits per heavy atom. The Morgan fingerprint density at radius 1 is 1.09 bits per heavy atom. The van der Waals surface area contributed by atoms with Crippen molar-refractivity contribution in [3.05, 3.63) is 54.1 Å². The molecule has 0 amide bonds. The fourth-order valence-corrected chi connectivity index (χ4v) is 2.89. The van der Waals surface area contributed by atoms with E-state index in [-0.39, 0.29) is 10.5 Å². The van der Waals surface area contributed by atoms with Crippen molar-refractivity contribution in [1.82, 2.24) is 0 Å². The van der Waals surface area contributed by atoms with Gasteiger partial charge in [-0.2, -0.15) is 0 Å². The molecular formula is C16H17NO5S. The van der Waals surface area contributed by atoms with Gasteiger partial charge in [0, 0.05) is 5.69 Å². The van der Waals surface area contributed by atoms with Crippen LogP contribution in [0.3, 0.4) is 0 Å². The number of nitrogens with one attached hydrogen (secondary N) is 1. The summed E-state index contributed by atoms with van der Waals surface area (Å²) in [6.45, 7) is 2.60. The Kier molecular flexibility index (Phi) is 5.23. The van der Waals surface area contributed by atoms with Crippen molar-refractivity contribution in [3.63, 3.8) is 0 Å². The molecule has 2 rings (SSSR count). The quantitative estimate of drug-likeness (QED) is 0.811. The molecule has 0 unspecified atom stereocenters. The second-order valence-corrected chi connectivity index (χ2v) is 6.49. The van der Waals surface area contributed by atoms with E-state index in [1.807, 2.05) is 6.92 Å². The second kappa shape index (κ2) is 7.15. The van der Waals surface area contributed by atoms with E-state index in [4.69, 9.17) is 9.84 Å². The summed E-state index contributed by atoms with van der Waals surface area (Å²) in [5.74, 6) is -0.440. The molecule has 2 aromatic rings. The van der Waals surface area contributed by atoms with E-state index in [1.165, 1.54) is 24.3 Å². The van der Waals surface area contributed by atoms with Crippen LogP contribution in [0.4, 0.5) is 5.69 Å². The minimum atomic E-state index is -3.77. The molecule has 7 heteroatoms. The summed E-state index contributed by atoms with van der Waals surface area (Å²) in [7, 11) is -3.77. The smallest absolute Gasteiger partial charge is 0.335 e. The number of carbonyl (C=O) groups is 1. The molecule has 0 saturated carbocycles. The highest BCUT2D eigenvalue weighted by Gasteiger charge is 2.15. The minimum absolute atomic E-state index is 0.00573. The van der Waals surface area contributed by atoms with Gasteiger partial charge in [-0.3, -0.25) is 4.72 Å². The molecule has 0 spiro atoms. The summed E-state index contributed by atoms with van der Waals surface area (Å²) >= 11 is 0. The number of carboxylic acids is 1. The predicted octanol–water partition coefficient (Wildman–Crippen LogP) is 2.97. The first-order chi connectivity index (χ1) is 10.9. The van der Waals surface area contributed by atoms with Crippen molar-refractivity contribution in [2.24, 2.45) is 0 Å². The Bertz CT molecular complexity index is 767. The van der Waals surface area contributed by atoms with Crippen LogP contribution in [0.1, 0.15) is 23.7 Å². The number of carboxylic acid groups (broad SMARTS) is 1. The van der Waals surface area contributed by atoms with E-state index in [2.05, 4.69) is 4.72 Å². The second-order valence-electron chi connectivity index (χ2n) is 4.81. The Balaban J connectivity index is 2.12. The number of aromatic carboxylic acids is 1. The normalized spacial score (nSPS) is 11.0. The number of ether oxygens (including phenoxy) is 1. The third-order valence-corrected chi connectivity index (χ3v) is 4.39. The highest BCUT2D eigenvalue weighted by molar-refractivity contribution is 7.92. The van der Waals surface area contributed by atoms with Crippen molar-refractivity contribution in [1.29, 1.82) is 0 Å². The molecule has 0 aliphatic rings. The van der Waals surface area contributed by atoms with Crippen LogP contribution in [0.2, 0.25) is 0 Å². The highest BCUT2D eigenvalue weighted by Crippen LogP contribution is 2.20. The molecule has 0 heterocycles. The average Bonchev–Trinajstić information content (AvgIpc) is 2.54. The summed E-state index contributed by atoms with van der Waals surface area (Å²) < 4.78 is 32.4. The third kappa shape index (κ3) is 4.46. The van der Waals surface area contributed by atoms with Gasteiger partial charge in [-0.05, 0) is 55.0 Å². The minimum Gasteiger partial charge on any atom is -0.494 e. The maximum absolute atomic E-state index is 12.2. The third-order valence-electron chi connectivity index (χ3n) is 2.99. The lowest BCUT2D eigenvalue weighted by Gasteiger charge is -2.09. The van der Waals surface area contributed by atoms with Crippen molar-refractivity contribution in [3.8, 4) is 5.75 Å². The summed E-state index contributed by atoms with van der Waals surface area (Å²) in [5, 5.41) is 8.82. The number of anilines is 1. The molecule has 122 valence electrons. The molecule has 0 radical (unpaired) electrons. The van der Waals surface area contributed by atoms with Gasteiger partial charge in [0.2, 0.25) is 0 Å². The fraction of sp³-hybridized carbons (Fsp3) is 0.188. The zero-order valence-corrected chi connectivity index (χ0v) is 13.3. The van der Waals surface area contributed by atoms with Gasteiger partial charge in [0.15, 0.2) is 0 Å². The number of hydrogen-bond acceptors (Lipinski definition) is 4. The van der Waals surface area contributed by atoms with Gasteiger partial charge in [-0.25, -0.2) is 13.2 Å². The number of benzene rings is 2. The molecule has 2 aromatic carbocycles. The van der Waals surface area contributed by atoms with E-state index in [9.17, 15) is 13.2 Å². The largest absolute Gasteiger partial charge is 0.494 e. The van der Waals surface area contributed by atoms with Crippen LogP contribution in [0.15, 0.2) is 53.4 Å². The van der Waals surface area contributed by atoms with E-state index in [0.717, 1.165) is 6.42 Å². The molecule has 0 aliphatic heterocycles. The van der Waals surface area contributed by atoms with Crippen LogP contribution in [0.5, 0.6) is 5.75 Å². The van der Waals surface area contributed by atoms with Crippen LogP contribution in [0, 0.1) is 0 Å². The molecule has 2 N–H and O–H groups in total. The molecule has 0 aliphatic carbocycles. The SMILES string of the molecule is CCCOc1ccc(NS(=O)(=O)c2ccc(C(=O)O)cc2)cc1. The van der Waals surface area contributed by atoms with Gasteiger partial charge in [-0.15, -0.1) is 0 Å². The Morgan fingerprint density at radius 3 is 2.22 bits per heavy atom. The summed E-state index contributed by atoms with van der Waals surface area (Å²) in [4.78, 5) is 10.8. The standard InChI is InChI=1S/C16H17NO5S/c1-2-11-22-14-7-5-13(6-8-14)17-23(20,21)15-9-3-12(4-10-15)16(18)19/h3-10,17H,2,11H2,1H3,(H,18,19). The fourth-order valence-electron chi connectivity index (χ4n) is 1.83. The molecule has 6 nitrogen and oxygen atoms in total. The lowest BCUT2D eigenvalue weighted by atomic mass is 10.2. The van der Waals surface area contributed by atoms with Crippen molar-refractivity contribution in [2.45, 2.75) is 18.2 Å². The summed E-state index contributed by atoms with van der Waals surface area (Å²) in [6.07, 6.45) is 0.890. The first-order valence-corrected chi connectivity index (χ1v) is 8.50. The molecular weight excluding hydrogens is 318 g/mol. The lowest BCUT2D eigenvalue weighted by Crippen LogP contribution is -2.13. The summed E-state index contributed by atoms with van der Waals surface area (Å²) in [6, 6.07) is 11.6. The zero-order chi connectivity index (χ0) is 16.9. The van der Waals surface area contributed by atoms with Crippen LogP contribution in [-0.4, -0.2) is 26.1 Å². The monoisotopic (exact) mass is 335 g/mol. The van der Waals surface area contributed by atoms with E-state index >= 15 is 0 Å².